The summed E-state index contributed by atoms with van der Waals surface area (Å²) in [5.74, 6) is 2.04. The van der Waals surface area contributed by atoms with Crippen molar-refractivity contribution in [2.45, 2.75) is 0 Å². The summed E-state index contributed by atoms with van der Waals surface area (Å²) in [4.78, 5) is 2.05. The maximum atomic E-state index is 5.89. The molecule has 94 valence electrons. The van der Waals surface area contributed by atoms with Gasteiger partial charge in [-0.05, 0) is 14.1 Å². The topological polar surface area (TPSA) is 57.0 Å². The molecule has 0 unspecified atom stereocenters. The molecule has 17 heavy (non-hydrogen) atoms. The van der Waals surface area contributed by atoms with Gasteiger partial charge in [-0.3, -0.25) is 0 Å². The summed E-state index contributed by atoms with van der Waals surface area (Å²) in [5.41, 5.74) is 6.46. The van der Waals surface area contributed by atoms with Crippen LogP contribution < -0.4 is 19.9 Å². The average molecular weight is 238 g/mol. The lowest BCUT2D eigenvalue weighted by atomic mass is 10.2. The van der Waals surface area contributed by atoms with Crippen LogP contribution in [-0.2, 0) is 0 Å². The van der Waals surface area contributed by atoms with Gasteiger partial charge in [-0.1, -0.05) is 0 Å². The van der Waals surface area contributed by atoms with E-state index in [0.29, 0.717) is 42.8 Å². The van der Waals surface area contributed by atoms with Crippen molar-refractivity contribution in [3.63, 3.8) is 0 Å². The lowest BCUT2D eigenvalue weighted by Gasteiger charge is -2.20. The van der Waals surface area contributed by atoms with Crippen LogP contribution in [0.15, 0.2) is 12.1 Å². The van der Waals surface area contributed by atoms with E-state index in [1.54, 1.807) is 12.1 Å². The van der Waals surface area contributed by atoms with E-state index >= 15 is 0 Å². The molecular formula is C12H18N2O3. The van der Waals surface area contributed by atoms with Crippen molar-refractivity contribution in [1.29, 1.82) is 0 Å². The summed E-state index contributed by atoms with van der Waals surface area (Å²) < 4.78 is 16.5. The number of likely N-dealkylation sites (N-methyl/N-ethyl adjacent to an activating group) is 1. The van der Waals surface area contributed by atoms with Crippen LogP contribution in [0.4, 0.5) is 5.69 Å². The third-order valence-corrected chi connectivity index (χ3v) is 2.47. The van der Waals surface area contributed by atoms with E-state index in [1.807, 2.05) is 19.0 Å². The molecule has 0 bridgehead atoms. The molecule has 2 N–H and O–H groups in total. The summed E-state index contributed by atoms with van der Waals surface area (Å²) in [7, 11) is 3.99. The molecule has 0 atom stereocenters. The highest BCUT2D eigenvalue weighted by molar-refractivity contribution is 5.62. The number of fused-ring (bicyclic) bond motifs is 1. The minimum atomic E-state index is 0.563. The Bertz CT molecular complexity index is 394. The molecule has 0 saturated heterocycles. The number of nitrogens with zero attached hydrogens (tertiary/aromatic N) is 1. The second-order valence-electron chi connectivity index (χ2n) is 4.19. The van der Waals surface area contributed by atoms with Crippen molar-refractivity contribution in [3.05, 3.63) is 12.1 Å². The van der Waals surface area contributed by atoms with Gasteiger partial charge in [0.25, 0.3) is 0 Å². The SMILES string of the molecule is CN(C)CCOc1cc2c(cc1N)OCCO2. The molecule has 5 heteroatoms. The third kappa shape index (κ3) is 2.94. The summed E-state index contributed by atoms with van der Waals surface area (Å²) >= 11 is 0. The fourth-order valence-electron chi connectivity index (χ4n) is 1.55. The zero-order chi connectivity index (χ0) is 12.3. The average Bonchev–Trinajstić information content (AvgIpc) is 2.29. The Morgan fingerprint density at radius 1 is 1.24 bits per heavy atom. The van der Waals surface area contributed by atoms with Gasteiger partial charge in [0.2, 0.25) is 0 Å². The molecule has 1 aromatic rings. The van der Waals surface area contributed by atoms with Crippen LogP contribution in [0, 0.1) is 0 Å². The van der Waals surface area contributed by atoms with Crippen molar-refractivity contribution in [1.82, 2.24) is 4.90 Å². The second-order valence-corrected chi connectivity index (χ2v) is 4.19. The highest BCUT2D eigenvalue weighted by atomic mass is 16.6. The lowest BCUT2D eigenvalue weighted by molar-refractivity contribution is 0.170. The number of rotatable bonds is 4. The first-order chi connectivity index (χ1) is 8.16. The van der Waals surface area contributed by atoms with Gasteiger partial charge in [0.1, 0.15) is 25.6 Å². The van der Waals surface area contributed by atoms with E-state index in [2.05, 4.69) is 0 Å². The van der Waals surface area contributed by atoms with Crippen LogP contribution in [0.1, 0.15) is 0 Å². The Labute approximate surface area is 101 Å². The Morgan fingerprint density at radius 2 is 1.88 bits per heavy atom. The summed E-state index contributed by atoms with van der Waals surface area (Å²) in [6.45, 7) is 2.56. The number of nitrogen functional groups attached to an aromatic ring is 1. The van der Waals surface area contributed by atoms with E-state index in [9.17, 15) is 0 Å². The van der Waals surface area contributed by atoms with E-state index in [4.69, 9.17) is 19.9 Å². The van der Waals surface area contributed by atoms with Gasteiger partial charge >= 0.3 is 0 Å². The van der Waals surface area contributed by atoms with E-state index in [-0.39, 0.29) is 0 Å². The number of hydrogen-bond acceptors (Lipinski definition) is 5. The van der Waals surface area contributed by atoms with Gasteiger partial charge in [0.15, 0.2) is 11.5 Å². The standard InChI is InChI=1S/C12H18N2O3/c1-14(2)3-4-15-10-8-12-11(7-9(10)13)16-5-6-17-12/h7-8H,3-6,13H2,1-2H3. The number of benzene rings is 1. The van der Waals surface area contributed by atoms with Gasteiger partial charge in [0, 0.05) is 18.7 Å². The van der Waals surface area contributed by atoms with Gasteiger partial charge in [-0.25, -0.2) is 0 Å². The molecule has 0 radical (unpaired) electrons. The first-order valence-corrected chi connectivity index (χ1v) is 5.63. The van der Waals surface area contributed by atoms with Crippen molar-refractivity contribution in [2.75, 3.05) is 46.2 Å². The van der Waals surface area contributed by atoms with Crippen molar-refractivity contribution in [2.24, 2.45) is 0 Å². The summed E-state index contributed by atoms with van der Waals surface area (Å²) in [6.07, 6.45) is 0. The van der Waals surface area contributed by atoms with Crippen LogP contribution in [-0.4, -0.2) is 45.4 Å². The molecule has 2 rings (SSSR count). The normalized spacial score (nSPS) is 13.8. The maximum Gasteiger partial charge on any atom is 0.165 e. The Morgan fingerprint density at radius 3 is 2.53 bits per heavy atom. The second kappa shape index (κ2) is 5.14. The minimum Gasteiger partial charge on any atom is -0.490 e. The van der Waals surface area contributed by atoms with Crippen molar-refractivity contribution in [3.8, 4) is 17.2 Å². The first kappa shape index (κ1) is 11.9. The summed E-state index contributed by atoms with van der Waals surface area (Å²) in [6, 6.07) is 3.54. The quantitative estimate of drug-likeness (QED) is 0.792. The van der Waals surface area contributed by atoms with Crippen LogP contribution in [0.5, 0.6) is 17.2 Å². The number of hydrogen-bond donors (Lipinski definition) is 1. The maximum absolute atomic E-state index is 5.89. The van der Waals surface area contributed by atoms with Gasteiger partial charge in [-0.15, -0.1) is 0 Å². The lowest BCUT2D eigenvalue weighted by Crippen LogP contribution is -2.20. The van der Waals surface area contributed by atoms with Crippen LogP contribution in [0.25, 0.3) is 0 Å². The highest BCUT2D eigenvalue weighted by Gasteiger charge is 2.15. The molecule has 0 spiro atoms. The number of ether oxygens (including phenoxy) is 3. The van der Waals surface area contributed by atoms with Crippen molar-refractivity contribution < 1.29 is 14.2 Å². The Balaban J connectivity index is 2.06. The van der Waals surface area contributed by atoms with Crippen LogP contribution in [0.3, 0.4) is 0 Å². The molecule has 1 heterocycles. The van der Waals surface area contributed by atoms with E-state index in [1.165, 1.54) is 0 Å². The summed E-state index contributed by atoms with van der Waals surface area (Å²) in [5, 5.41) is 0. The molecule has 0 fully saturated rings. The predicted molar refractivity (Wildman–Crippen MR) is 65.9 cm³/mol. The molecule has 1 aliphatic rings. The largest absolute Gasteiger partial charge is 0.490 e. The molecule has 0 saturated carbocycles. The zero-order valence-corrected chi connectivity index (χ0v) is 10.2. The van der Waals surface area contributed by atoms with E-state index in [0.717, 1.165) is 6.54 Å². The molecule has 1 aromatic carbocycles. The highest BCUT2D eigenvalue weighted by Crippen LogP contribution is 2.38. The molecule has 1 aliphatic heterocycles. The van der Waals surface area contributed by atoms with Gasteiger partial charge in [0.05, 0.1) is 5.69 Å². The number of nitrogens with two attached hydrogens (primary N) is 1. The van der Waals surface area contributed by atoms with Gasteiger partial charge in [-0.2, -0.15) is 0 Å². The minimum absolute atomic E-state index is 0.563. The van der Waals surface area contributed by atoms with Crippen LogP contribution >= 0.6 is 0 Å². The van der Waals surface area contributed by atoms with Crippen molar-refractivity contribution >= 4 is 5.69 Å². The molecule has 0 amide bonds. The fraction of sp³-hybridized carbons (Fsp3) is 0.500. The monoisotopic (exact) mass is 238 g/mol. The molecule has 0 aliphatic carbocycles. The van der Waals surface area contributed by atoms with Gasteiger partial charge < -0.3 is 24.8 Å². The fourth-order valence-corrected chi connectivity index (χ4v) is 1.55. The van der Waals surface area contributed by atoms with Crippen LogP contribution in [0.2, 0.25) is 0 Å². The zero-order valence-electron chi connectivity index (χ0n) is 10.2. The molecule has 5 nitrogen and oxygen atoms in total. The predicted octanol–water partition coefficient (Wildman–Crippen LogP) is 0.980. The number of anilines is 1. The third-order valence-electron chi connectivity index (χ3n) is 2.47. The Kier molecular flexibility index (Phi) is 3.58. The smallest absolute Gasteiger partial charge is 0.165 e. The molecule has 0 aromatic heterocycles. The van der Waals surface area contributed by atoms with E-state index < -0.39 is 0 Å². The molecular weight excluding hydrogens is 220 g/mol. The Hall–Kier alpha value is -1.62. The first-order valence-electron chi connectivity index (χ1n) is 5.63.